The number of benzene rings is 1. The molecule has 0 aromatic heterocycles. The lowest BCUT2D eigenvalue weighted by molar-refractivity contribution is -0.139. The van der Waals surface area contributed by atoms with Gasteiger partial charge in [0.05, 0.1) is 6.04 Å². The van der Waals surface area contributed by atoms with Crippen molar-refractivity contribution in [1.29, 1.82) is 0 Å². The van der Waals surface area contributed by atoms with Crippen LogP contribution in [-0.4, -0.2) is 29.9 Å². The van der Waals surface area contributed by atoms with E-state index in [1.807, 2.05) is 6.07 Å². The number of carbonyl (C=O) groups excluding carboxylic acids is 1. The normalized spacial score (nSPS) is 22.6. The summed E-state index contributed by atoms with van der Waals surface area (Å²) in [5, 5.41) is 3.45. The van der Waals surface area contributed by atoms with Crippen LogP contribution in [0.2, 0.25) is 0 Å². The molecule has 1 heterocycles. The molecule has 3 atom stereocenters. The van der Waals surface area contributed by atoms with Crippen LogP contribution in [0, 0.1) is 5.92 Å². The Morgan fingerprint density at radius 1 is 1.30 bits per heavy atom. The van der Waals surface area contributed by atoms with Gasteiger partial charge in [-0.2, -0.15) is 0 Å². The summed E-state index contributed by atoms with van der Waals surface area (Å²) in [5.74, 6) is 0.545. The first kappa shape index (κ1) is 18.0. The van der Waals surface area contributed by atoms with E-state index in [-0.39, 0.29) is 12.0 Å². The number of carbonyl (C=O) groups is 1. The molecule has 0 aliphatic carbocycles. The van der Waals surface area contributed by atoms with Crippen LogP contribution >= 0.6 is 0 Å². The number of amides is 1. The fourth-order valence-electron chi connectivity index (χ4n) is 3.65. The van der Waals surface area contributed by atoms with Crippen molar-refractivity contribution in [3.63, 3.8) is 0 Å². The van der Waals surface area contributed by atoms with Gasteiger partial charge in [0.25, 0.3) is 0 Å². The predicted octanol–water partition coefficient (Wildman–Crippen LogP) is 4.15. The highest BCUT2D eigenvalue weighted by atomic mass is 16.2. The van der Waals surface area contributed by atoms with Crippen molar-refractivity contribution in [2.75, 3.05) is 13.1 Å². The van der Waals surface area contributed by atoms with E-state index in [4.69, 9.17) is 0 Å². The predicted molar refractivity (Wildman–Crippen MR) is 96.3 cm³/mol. The summed E-state index contributed by atoms with van der Waals surface area (Å²) in [7, 11) is 0. The third-order valence-corrected chi connectivity index (χ3v) is 4.96. The van der Waals surface area contributed by atoms with Crippen LogP contribution in [0.3, 0.4) is 0 Å². The number of piperidine rings is 1. The van der Waals surface area contributed by atoms with Crippen molar-refractivity contribution in [2.45, 2.75) is 65.0 Å². The number of nitrogens with zero attached hydrogens (tertiary/aromatic N) is 1. The van der Waals surface area contributed by atoms with Crippen LogP contribution in [0.5, 0.6) is 0 Å². The van der Waals surface area contributed by atoms with E-state index in [0.717, 1.165) is 45.2 Å². The molecular weight excluding hydrogens is 284 g/mol. The Bertz CT molecular complexity index is 474. The van der Waals surface area contributed by atoms with E-state index in [0.29, 0.717) is 11.9 Å². The second-order valence-corrected chi connectivity index (χ2v) is 6.80. The summed E-state index contributed by atoms with van der Waals surface area (Å²) in [6.45, 7) is 8.40. The summed E-state index contributed by atoms with van der Waals surface area (Å²) in [4.78, 5) is 15.4. The third kappa shape index (κ3) is 4.81. The molecule has 1 saturated heterocycles. The standard InChI is InChI=1S/C20H32N2O/c1-4-6-14-22(19(5-2)17-10-8-7-9-11-17)20(23)18-12-13-21-16(3)15-18/h7-11,16,18-19,21H,4-6,12-15H2,1-3H3/t16-,18-,19?/m0/s1. The molecule has 1 aromatic carbocycles. The molecule has 0 saturated carbocycles. The Labute approximate surface area is 141 Å². The molecule has 1 amide bonds. The van der Waals surface area contributed by atoms with Gasteiger partial charge in [0.1, 0.15) is 0 Å². The van der Waals surface area contributed by atoms with E-state index in [9.17, 15) is 4.79 Å². The molecule has 2 rings (SSSR count). The van der Waals surface area contributed by atoms with Gasteiger partial charge in [0, 0.05) is 18.5 Å². The second kappa shape index (κ2) is 9.07. The maximum atomic E-state index is 13.2. The minimum atomic E-state index is 0.181. The molecule has 0 spiro atoms. The van der Waals surface area contributed by atoms with Gasteiger partial charge < -0.3 is 10.2 Å². The van der Waals surface area contributed by atoms with Crippen molar-refractivity contribution in [1.82, 2.24) is 10.2 Å². The highest BCUT2D eigenvalue weighted by Gasteiger charge is 2.31. The zero-order valence-electron chi connectivity index (χ0n) is 14.9. The quantitative estimate of drug-likeness (QED) is 0.819. The molecule has 1 aliphatic heterocycles. The molecule has 23 heavy (non-hydrogen) atoms. The summed E-state index contributed by atoms with van der Waals surface area (Å²) >= 11 is 0. The van der Waals surface area contributed by atoms with Crippen molar-refractivity contribution < 1.29 is 4.79 Å². The van der Waals surface area contributed by atoms with Crippen LogP contribution < -0.4 is 5.32 Å². The Kier molecular flexibility index (Phi) is 7.10. The largest absolute Gasteiger partial charge is 0.335 e. The van der Waals surface area contributed by atoms with Crippen molar-refractivity contribution in [3.8, 4) is 0 Å². The molecule has 1 N–H and O–H groups in total. The fourth-order valence-corrected chi connectivity index (χ4v) is 3.65. The number of nitrogens with one attached hydrogen (secondary N) is 1. The molecule has 1 fully saturated rings. The number of hydrogen-bond donors (Lipinski definition) is 1. The first-order valence-corrected chi connectivity index (χ1v) is 9.26. The number of rotatable bonds is 7. The van der Waals surface area contributed by atoms with Gasteiger partial charge in [-0.1, -0.05) is 50.6 Å². The molecule has 0 radical (unpaired) electrons. The maximum Gasteiger partial charge on any atom is 0.226 e. The van der Waals surface area contributed by atoms with Gasteiger partial charge in [-0.05, 0) is 44.7 Å². The average molecular weight is 316 g/mol. The minimum absolute atomic E-state index is 0.181. The summed E-state index contributed by atoms with van der Waals surface area (Å²) in [6.07, 6.45) is 5.11. The lowest BCUT2D eigenvalue weighted by Gasteiger charge is -2.37. The Morgan fingerprint density at radius 3 is 2.65 bits per heavy atom. The lowest BCUT2D eigenvalue weighted by Crippen LogP contribution is -2.45. The first-order chi connectivity index (χ1) is 11.2. The Morgan fingerprint density at radius 2 is 2.04 bits per heavy atom. The average Bonchev–Trinajstić information content (AvgIpc) is 2.59. The second-order valence-electron chi connectivity index (χ2n) is 6.80. The van der Waals surface area contributed by atoms with Gasteiger partial charge >= 0.3 is 0 Å². The first-order valence-electron chi connectivity index (χ1n) is 9.26. The van der Waals surface area contributed by atoms with Crippen molar-refractivity contribution in [2.24, 2.45) is 5.92 Å². The van der Waals surface area contributed by atoms with Gasteiger partial charge in [0.15, 0.2) is 0 Å². The minimum Gasteiger partial charge on any atom is -0.335 e. The Hall–Kier alpha value is -1.35. The smallest absolute Gasteiger partial charge is 0.226 e. The SMILES string of the molecule is CCCCN(C(=O)[C@H]1CCN[C@@H](C)C1)C(CC)c1ccccc1. The van der Waals surface area contributed by atoms with E-state index in [2.05, 4.69) is 55.3 Å². The Balaban J connectivity index is 2.18. The van der Waals surface area contributed by atoms with E-state index in [1.54, 1.807) is 0 Å². The molecule has 1 aromatic rings. The summed E-state index contributed by atoms with van der Waals surface area (Å²) in [6, 6.07) is 11.2. The van der Waals surface area contributed by atoms with Gasteiger partial charge in [0.2, 0.25) is 5.91 Å². The van der Waals surface area contributed by atoms with Crippen LogP contribution in [0.25, 0.3) is 0 Å². The summed E-state index contributed by atoms with van der Waals surface area (Å²) < 4.78 is 0. The van der Waals surface area contributed by atoms with Crippen molar-refractivity contribution >= 4 is 5.91 Å². The molecule has 3 heteroatoms. The van der Waals surface area contributed by atoms with E-state index in [1.165, 1.54) is 5.56 Å². The maximum absolute atomic E-state index is 13.2. The van der Waals surface area contributed by atoms with Crippen LogP contribution in [-0.2, 0) is 4.79 Å². The van der Waals surface area contributed by atoms with E-state index >= 15 is 0 Å². The summed E-state index contributed by atoms with van der Waals surface area (Å²) in [5.41, 5.74) is 1.27. The zero-order valence-corrected chi connectivity index (χ0v) is 14.9. The highest BCUT2D eigenvalue weighted by molar-refractivity contribution is 5.79. The van der Waals surface area contributed by atoms with Crippen molar-refractivity contribution in [3.05, 3.63) is 35.9 Å². The van der Waals surface area contributed by atoms with Gasteiger partial charge in [-0.15, -0.1) is 0 Å². The van der Waals surface area contributed by atoms with E-state index < -0.39 is 0 Å². The van der Waals surface area contributed by atoms with Crippen LogP contribution in [0.4, 0.5) is 0 Å². The molecule has 0 bridgehead atoms. The molecule has 1 aliphatic rings. The highest BCUT2D eigenvalue weighted by Crippen LogP contribution is 2.29. The number of unbranched alkanes of at least 4 members (excludes halogenated alkanes) is 1. The fraction of sp³-hybridized carbons (Fsp3) is 0.650. The topological polar surface area (TPSA) is 32.3 Å². The van der Waals surface area contributed by atoms with Crippen LogP contribution in [0.1, 0.15) is 64.5 Å². The lowest BCUT2D eigenvalue weighted by atomic mass is 9.90. The molecule has 128 valence electrons. The van der Waals surface area contributed by atoms with Crippen LogP contribution in [0.15, 0.2) is 30.3 Å². The van der Waals surface area contributed by atoms with Gasteiger partial charge in [-0.3, -0.25) is 4.79 Å². The third-order valence-electron chi connectivity index (χ3n) is 4.96. The number of hydrogen-bond acceptors (Lipinski definition) is 2. The van der Waals surface area contributed by atoms with Gasteiger partial charge in [-0.25, -0.2) is 0 Å². The zero-order chi connectivity index (χ0) is 16.7. The molecule has 1 unspecified atom stereocenters. The molecule has 3 nitrogen and oxygen atoms in total. The monoisotopic (exact) mass is 316 g/mol. The molecular formula is C20H32N2O.